The van der Waals surface area contributed by atoms with Crippen LogP contribution in [0.15, 0.2) is 49.4 Å². The van der Waals surface area contributed by atoms with E-state index in [1.807, 2.05) is 36.2 Å². The van der Waals surface area contributed by atoms with Crippen LogP contribution in [0.1, 0.15) is 43.9 Å². The smallest absolute Gasteiger partial charge is 0.277 e. The first-order chi connectivity index (χ1) is 13.7. The van der Waals surface area contributed by atoms with Crippen molar-refractivity contribution in [2.45, 2.75) is 48.1 Å². The van der Waals surface area contributed by atoms with Gasteiger partial charge in [0.05, 0.1) is 11.4 Å². The van der Waals surface area contributed by atoms with Crippen LogP contribution in [0.4, 0.5) is 5.69 Å². The van der Waals surface area contributed by atoms with E-state index in [4.69, 9.17) is 4.42 Å². The predicted molar refractivity (Wildman–Crippen MR) is 109 cm³/mol. The third-order valence-corrected chi connectivity index (χ3v) is 7.10. The first kappa shape index (κ1) is 19.1. The number of para-hydroxylation sites is 1. The number of carbonyl (C=O) groups is 1. The molecule has 2 aromatic rings. The molecule has 6 nitrogen and oxygen atoms in total. The van der Waals surface area contributed by atoms with Crippen molar-refractivity contribution in [3.63, 3.8) is 0 Å². The number of Topliss-reactive ketones (excluding diaryl/α,β-unsaturated/α-hetero) is 1. The maximum absolute atomic E-state index is 12.7. The maximum atomic E-state index is 12.7. The number of nitrogens with zero attached hydrogens (tertiary/aromatic N) is 4. The van der Waals surface area contributed by atoms with E-state index in [0.717, 1.165) is 23.4 Å². The molecule has 2 aliphatic rings. The van der Waals surface area contributed by atoms with Gasteiger partial charge in [-0.25, -0.2) is 0 Å². The second-order valence-electron chi connectivity index (χ2n) is 6.87. The Morgan fingerprint density at radius 1 is 1.32 bits per heavy atom. The molecule has 0 bridgehead atoms. The lowest BCUT2D eigenvalue weighted by Crippen LogP contribution is -2.16. The lowest BCUT2D eigenvalue weighted by Gasteiger charge is -2.17. The molecular formula is C20H20N4O2S2. The minimum atomic E-state index is -0.230. The van der Waals surface area contributed by atoms with E-state index >= 15 is 0 Å². The number of allylic oxidation sites excluding steroid dienone is 1. The summed E-state index contributed by atoms with van der Waals surface area (Å²) in [5.41, 5.74) is 1.17. The summed E-state index contributed by atoms with van der Waals surface area (Å²) in [6.07, 6.45) is 5.82. The van der Waals surface area contributed by atoms with Crippen LogP contribution in [0, 0.1) is 11.3 Å². The van der Waals surface area contributed by atoms with Gasteiger partial charge in [-0.3, -0.25) is 4.79 Å². The van der Waals surface area contributed by atoms with Crippen molar-refractivity contribution < 1.29 is 9.21 Å². The highest BCUT2D eigenvalue weighted by Crippen LogP contribution is 2.46. The molecule has 1 aliphatic carbocycles. The van der Waals surface area contributed by atoms with Crippen molar-refractivity contribution in [1.29, 1.82) is 5.26 Å². The van der Waals surface area contributed by atoms with Crippen molar-refractivity contribution in [3.05, 3.63) is 40.8 Å². The summed E-state index contributed by atoms with van der Waals surface area (Å²) in [5.74, 6) is 0.885. The van der Waals surface area contributed by atoms with Gasteiger partial charge < -0.3 is 9.32 Å². The van der Waals surface area contributed by atoms with E-state index in [2.05, 4.69) is 16.3 Å². The number of hydrogen-bond acceptors (Lipinski definition) is 8. The van der Waals surface area contributed by atoms with Gasteiger partial charge in [0.2, 0.25) is 5.89 Å². The number of rotatable bonds is 5. The SMILES string of the molecule is CN1/C(=C(/C#N)C(=O)CSc2nnc(C3CCCCC3)o2)Sc2ccccc21. The topological polar surface area (TPSA) is 83.0 Å². The molecule has 0 saturated heterocycles. The largest absolute Gasteiger partial charge is 0.416 e. The Hall–Kier alpha value is -2.24. The molecule has 28 heavy (non-hydrogen) atoms. The summed E-state index contributed by atoms with van der Waals surface area (Å²) in [4.78, 5) is 15.7. The van der Waals surface area contributed by atoms with Crippen LogP contribution < -0.4 is 4.90 Å². The molecule has 0 atom stereocenters. The Kier molecular flexibility index (Phi) is 5.74. The number of nitriles is 1. The Labute approximate surface area is 172 Å². The van der Waals surface area contributed by atoms with Crippen LogP contribution in [0.3, 0.4) is 0 Å². The van der Waals surface area contributed by atoms with Crippen LogP contribution in [0.25, 0.3) is 0 Å². The van der Waals surface area contributed by atoms with Crippen molar-refractivity contribution >= 4 is 35.0 Å². The predicted octanol–water partition coefficient (Wildman–Crippen LogP) is 4.76. The zero-order valence-corrected chi connectivity index (χ0v) is 17.2. The van der Waals surface area contributed by atoms with Gasteiger partial charge in [-0.2, -0.15) is 5.26 Å². The van der Waals surface area contributed by atoms with Gasteiger partial charge in [0, 0.05) is 17.9 Å². The van der Waals surface area contributed by atoms with E-state index in [1.165, 1.54) is 42.8 Å². The zero-order valence-electron chi connectivity index (χ0n) is 15.6. The average Bonchev–Trinajstić information content (AvgIpc) is 3.33. The normalized spacial score (nSPS) is 18.6. The molecule has 1 aliphatic heterocycles. The Bertz CT molecular complexity index is 957. The van der Waals surface area contributed by atoms with Gasteiger partial charge >= 0.3 is 0 Å². The molecule has 0 N–H and O–H groups in total. The van der Waals surface area contributed by atoms with Crippen LogP contribution >= 0.6 is 23.5 Å². The van der Waals surface area contributed by atoms with Gasteiger partial charge in [0.25, 0.3) is 5.22 Å². The monoisotopic (exact) mass is 412 g/mol. The molecule has 1 fully saturated rings. The number of aromatic nitrogens is 2. The maximum Gasteiger partial charge on any atom is 0.277 e. The number of carbonyl (C=O) groups excluding carboxylic acids is 1. The minimum Gasteiger partial charge on any atom is -0.416 e. The van der Waals surface area contributed by atoms with Gasteiger partial charge in [-0.1, -0.05) is 54.9 Å². The average molecular weight is 413 g/mol. The molecule has 0 radical (unpaired) electrons. The van der Waals surface area contributed by atoms with Gasteiger partial charge in [-0.05, 0) is 25.0 Å². The summed E-state index contributed by atoms with van der Waals surface area (Å²) in [6, 6.07) is 9.96. The summed E-state index contributed by atoms with van der Waals surface area (Å²) in [7, 11) is 1.88. The molecule has 1 aromatic carbocycles. The minimum absolute atomic E-state index is 0.101. The van der Waals surface area contributed by atoms with E-state index in [-0.39, 0.29) is 17.1 Å². The molecule has 4 rings (SSSR count). The fourth-order valence-electron chi connectivity index (χ4n) is 3.54. The molecule has 2 heterocycles. The Morgan fingerprint density at radius 2 is 2.11 bits per heavy atom. The lowest BCUT2D eigenvalue weighted by molar-refractivity contribution is -0.112. The third-order valence-electron chi connectivity index (χ3n) is 5.05. The van der Waals surface area contributed by atoms with Crippen LogP contribution in [0.5, 0.6) is 0 Å². The number of benzene rings is 1. The van der Waals surface area contributed by atoms with Crippen molar-refractivity contribution in [2.24, 2.45) is 0 Å². The highest BCUT2D eigenvalue weighted by Gasteiger charge is 2.28. The van der Waals surface area contributed by atoms with Gasteiger partial charge in [-0.15, -0.1) is 10.2 Å². The molecule has 8 heteroatoms. The summed E-state index contributed by atoms with van der Waals surface area (Å²) in [6.45, 7) is 0. The standard InChI is InChI=1S/C20H20N4O2S2/c1-24-15-9-5-6-10-17(15)28-19(24)14(11-21)16(25)12-27-20-23-22-18(26-20)13-7-3-2-4-8-13/h5-6,9-10,13H,2-4,7-8,12H2,1H3/b19-14+. The van der Waals surface area contributed by atoms with Crippen molar-refractivity contribution in [3.8, 4) is 6.07 Å². The fourth-order valence-corrected chi connectivity index (χ4v) is 5.35. The zero-order chi connectivity index (χ0) is 19.5. The molecule has 1 saturated carbocycles. The van der Waals surface area contributed by atoms with E-state index in [1.54, 1.807) is 0 Å². The van der Waals surface area contributed by atoms with Crippen LogP contribution in [0.2, 0.25) is 0 Å². The highest BCUT2D eigenvalue weighted by atomic mass is 32.2. The number of fused-ring (bicyclic) bond motifs is 1. The first-order valence-electron chi connectivity index (χ1n) is 9.31. The molecule has 0 unspecified atom stereocenters. The van der Waals surface area contributed by atoms with Gasteiger partial charge in [0.1, 0.15) is 16.7 Å². The van der Waals surface area contributed by atoms with Gasteiger partial charge in [0.15, 0.2) is 5.78 Å². The van der Waals surface area contributed by atoms with E-state index < -0.39 is 0 Å². The Balaban J connectivity index is 1.43. The highest BCUT2D eigenvalue weighted by molar-refractivity contribution is 8.03. The molecular weight excluding hydrogens is 392 g/mol. The second-order valence-corrected chi connectivity index (χ2v) is 8.83. The number of hydrogen-bond donors (Lipinski definition) is 0. The van der Waals surface area contributed by atoms with Crippen molar-refractivity contribution in [1.82, 2.24) is 10.2 Å². The van der Waals surface area contributed by atoms with E-state index in [0.29, 0.717) is 22.1 Å². The summed E-state index contributed by atoms with van der Waals surface area (Å²) in [5, 5.41) is 18.9. The quantitative estimate of drug-likeness (QED) is 0.395. The molecule has 0 amide bonds. The van der Waals surface area contributed by atoms with Crippen LogP contribution in [-0.2, 0) is 4.79 Å². The van der Waals surface area contributed by atoms with E-state index in [9.17, 15) is 10.1 Å². The van der Waals surface area contributed by atoms with Crippen LogP contribution in [-0.4, -0.2) is 28.8 Å². The Morgan fingerprint density at radius 3 is 2.86 bits per heavy atom. The molecule has 144 valence electrons. The second kappa shape index (κ2) is 8.41. The summed E-state index contributed by atoms with van der Waals surface area (Å²) >= 11 is 2.65. The van der Waals surface area contributed by atoms with Crippen molar-refractivity contribution in [2.75, 3.05) is 17.7 Å². The fraction of sp³-hybridized carbons (Fsp3) is 0.400. The number of thioether (sulfide) groups is 2. The first-order valence-corrected chi connectivity index (χ1v) is 11.1. The lowest BCUT2D eigenvalue weighted by atomic mass is 9.89. The number of ketones is 1. The third kappa shape index (κ3) is 3.82. The summed E-state index contributed by atoms with van der Waals surface area (Å²) < 4.78 is 5.76. The molecule has 0 spiro atoms. The number of anilines is 1. The molecule has 1 aromatic heterocycles.